The van der Waals surface area contributed by atoms with Crippen molar-refractivity contribution >= 4 is 0 Å². The topological polar surface area (TPSA) is 88.4 Å². The van der Waals surface area contributed by atoms with Crippen LogP contribution in [0.15, 0.2) is 24.3 Å². The van der Waals surface area contributed by atoms with E-state index in [-0.39, 0.29) is 6.61 Å². The van der Waals surface area contributed by atoms with Gasteiger partial charge in [-0.3, -0.25) is 0 Å². The normalized spacial score (nSPS) is 31.3. The van der Waals surface area contributed by atoms with Crippen LogP contribution in [0, 0.1) is 0 Å². The Morgan fingerprint density at radius 2 is 1.78 bits per heavy atom. The second-order valence-electron chi connectivity index (χ2n) is 4.00. The molecule has 6 nitrogen and oxygen atoms in total. The van der Waals surface area contributed by atoms with Gasteiger partial charge in [0.1, 0.15) is 23.7 Å². The van der Waals surface area contributed by atoms with E-state index in [1.165, 1.54) is 0 Å². The lowest BCUT2D eigenvalue weighted by Crippen LogP contribution is -2.38. The molecule has 1 aromatic carbocycles. The van der Waals surface area contributed by atoms with Crippen LogP contribution >= 0.6 is 0 Å². The second kappa shape index (κ2) is 5.53. The van der Waals surface area contributed by atoms with Crippen LogP contribution in [0.5, 0.6) is 11.5 Å². The molecule has 0 spiro atoms. The zero-order valence-corrected chi connectivity index (χ0v) is 9.89. The van der Waals surface area contributed by atoms with Crippen LogP contribution in [-0.2, 0) is 4.74 Å². The van der Waals surface area contributed by atoms with Gasteiger partial charge in [-0.15, -0.1) is 0 Å². The van der Waals surface area contributed by atoms with E-state index in [1.54, 1.807) is 31.4 Å². The van der Waals surface area contributed by atoms with E-state index in [0.29, 0.717) is 11.5 Å². The number of hydrogen-bond acceptors (Lipinski definition) is 6. The largest absolute Gasteiger partial charge is 0.497 e. The average molecular weight is 256 g/mol. The summed E-state index contributed by atoms with van der Waals surface area (Å²) in [7, 11) is 1.56. The van der Waals surface area contributed by atoms with E-state index >= 15 is 0 Å². The fourth-order valence-electron chi connectivity index (χ4n) is 1.81. The van der Waals surface area contributed by atoms with Crippen molar-refractivity contribution in [2.45, 2.75) is 24.6 Å². The van der Waals surface area contributed by atoms with Crippen LogP contribution in [0.3, 0.4) is 0 Å². The third-order valence-electron chi connectivity index (χ3n) is 2.82. The standard InChI is InChI=1S/C12H16O6/c1-16-7-2-4-8(5-3-7)17-11-10(14)9(6-13)18-12(11)15/h2-5,9-15H,6H2,1H3/t9-,10-,11-,12+/m1/s1. The molecule has 3 N–H and O–H groups in total. The van der Waals surface area contributed by atoms with E-state index in [2.05, 4.69) is 0 Å². The smallest absolute Gasteiger partial charge is 0.195 e. The molecule has 1 heterocycles. The fourth-order valence-corrected chi connectivity index (χ4v) is 1.81. The summed E-state index contributed by atoms with van der Waals surface area (Å²) in [4.78, 5) is 0. The van der Waals surface area contributed by atoms with Crippen LogP contribution in [0.1, 0.15) is 0 Å². The number of hydrogen-bond donors (Lipinski definition) is 3. The molecule has 0 aromatic heterocycles. The molecular weight excluding hydrogens is 240 g/mol. The summed E-state index contributed by atoms with van der Waals surface area (Å²) in [6, 6.07) is 6.72. The van der Waals surface area contributed by atoms with E-state index in [0.717, 1.165) is 0 Å². The molecule has 0 saturated carbocycles. The maximum Gasteiger partial charge on any atom is 0.195 e. The summed E-state index contributed by atoms with van der Waals surface area (Å²) < 4.78 is 15.4. The Morgan fingerprint density at radius 3 is 2.28 bits per heavy atom. The van der Waals surface area contributed by atoms with E-state index < -0.39 is 24.6 Å². The summed E-state index contributed by atoms with van der Waals surface area (Å²) in [5.41, 5.74) is 0. The van der Waals surface area contributed by atoms with Gasteiger partial charge in [0.05, 0.1) is 13.7 Å². The molecule has 0 unspecified atom stereocenters. The van der Waals surface area contributed by atoms with Gasteiger partial charge in [0.25, 0.3) is 0 Å². The highest BCUT2D eigenvalue weighted by atomic mass is 16.7. The van der Waals surface area contributed by atoms with Gasteiger partial charge in [-0.1, -0.05) is 0 Å². The van der Waals surface area contributed by atoms with Gasteiger partial charge in [-0.25, -0.2) is 0 Å². The Hall–Kier alpha value is -1.34. The third-order valence-corrected chi connectivity index (χ3v) is 2.82. The van der Waals surface area contributed by atoms with Crippen molar-refractivity contribution in [1.82, 2.24) is 0 Å². The minimum absolute atomic E-state index is 0.374. The first-order valence-corrected chi connectivity index (χ1v) is 5.59. The zero-order valence-electron chi connectivity index (χ0n) is 9.89. The number of rotatable bonds is 4. The van der Waals surface area contributed by atoms with Crippen LogP contribution in [0.4, 0.5) is 0 Å². The Labute approximate surface area is 104 Å². The number of benzene rings is 1. The minimum atomic E-state index is -1.26. The summed E-state index contributed by atoms with van der Waals surface area (Å²) in [6.07, 6.45) is -4.09. The van der Waals surface area contributed by atoms with Crippen molar-refractivity contribution < 1.29 is 29.5 Å². The van der Waals surface area contributed by atoms with E-state index in [1.807, 2.05) is 0 Å². The molecule has 6 heteroatoms. The van der Waals surface area contributed by atoms with Gasteiger partial charge in [0, 0.05) is 0 Å². The van der Waals surface area contributed by atoms with Crippen molar-refractivity contribution in [2.24, 2.45) is 0 Å². The molecule has 0 radical (unpaired) electrons. The lowest BCUT2D eigenvalue weighted by molar-refractivity contribution is -0.128. The summed E-state index contributed by atoms with van der Waals surface area (Å²) in [5.74, 6) is 1.15. The van der Waals surface area contributed by atoms with Crippen molar-refractivity contribution in [1.29, 1.82) is 0 Å². The summed E-state index contributed by atoms with van der Waals surface area (Å²) in [6.45, 7) is -0.374. The van der Waals surface area contributed by atoms with Gasteiger partial charge in [0.15, 0.2) is 12.4 Å². The first-order chi connectivity index (χ1) is 8.65. The van der Waals surface area contributed by atoms with Crippen molar-refractivity contribution in [3.05, 3.63) is 24.3 Å². The lowest BCUT2D eigenvalue weighted by atomic mass is 10.1. The monoisotopic (exact) mass is 256 g/mol. The summed E-state index contributed by atoms with van der Waals surface area (Å²) >= 11 is 0. The van der Waals surface area contributed by atoms with Gasteiger partial charge >= 0.3 is 0 Å². The molecule has 1 aromatic rings. The lowest BCUT2D eigenvalue weighted by Gasteiger charge is -2.19. The molecular formula is C12H16O6. The van der Waals surface area contributed by atoms with Gasteiger partial charge < -0.3 is 29.5 Å². The van der Waals surface area contributed by atoms with Crippen LogP contribution in [0.25, 0.3) is 0 Å². The van der Waals surface area contributed by atoms with Gasteiger partial charge in [-0.2, -0.15) is 0 Å². The van der Waals surface area contributed by atoms with Gasteiger partial charge in [0.2, 0.25) is 0 Å². The van der Waals surface area contributed by atoms with Crippen LogP contribution in [-0.4, -0.2) is 53.6 Å². The molecule has 100 valence electrons. The molecule has 1 aliphatic rings. The molecule has 0 amide bonds. The first kappa shape index (κ1) is 13.1. The fraction of sp³-hybridized carbons (Fsp3) is 0.500. The maximum absolute atomic E-state index is 9.79. The molecule has 2 rings (SSSR count). The Bertz CT molecular complexity index is 379. The molecule has 4 atom stereocenters. The molecule has 18 heavy (non-hydrogen) atoms. The zero-order chi connectivity index (χ0) is 13.1. The highest BCUT2D eigenvalue weighted by Gasteiger charge is 2.44. The molecule has 1 fully saturated rings. The predicted octanol–water partition coefficient (Wildman–Crippen LogP) is -0.487. The predicted molar refractivity (Wildman–Crippen MR) is 61.4 cm³/mol. The summed E-state index contributed by atoms with van der Waals surface area (Å²) in [5, 5.41) is 28.3. The molecule has 1 saturated heterocycles. The quantitative estimate of drug-likeness (QED) is 0.674. The Balaban J connectivity index is 2.04. The number of aliphatic hydroxyl groups is 3. The highest BCUT2D eigenvalue weighted by Crippen LogP contribution is 2.25. The Morgan fingerprint density at radius 1 is 1.17 bits per heavy atom. The van der Waals surface area contributed by atoms with Gasteiger partial charge in [-0.05, 0) is 24.3 Å². The first-order valence-electron chi connectivity index (χ1n) is 5.59. The van der Waals surface area contributed by atoms with Crippen molar-refractivity contribution in [2.75, 3.05) is 13.7 Å². The maximum atomic E-state index is 9.79. The molecule has 1 aliphatic heterocycles. The number of aliphatic hydroxyl groups excluding tert-OH is 3. The third kappa shape index (κ3) is 2.56. The second-order valence-corrected chi connectivity index (χ2v) is 4.00. The molecule has 0 aliphatic carbocycles. The van der Waals surface area contributed by atoms with Crippen LogP contribution in [0.2, 0.25) is 0 Å². The van der Waals surface area contributed by atoms with E-state index in [4.69, 9.17) is 19.3 Å². The highest BCUT2D eigenvalue weighted by molar-refractivity contribution is 5.31. The average Bonchev–Trinajstić information content (AvgIpc) is 2.67. The van der Waals surface area contributed by atoms with Crippen molar-refractivity contribution in [3.8, 4) is 11.5 Å². The number of methoxy groups -OCH3 is 1. The molecule has 0 bridgehead atoms. The van der Waals surface area contributed by atoms with Crippen molar-refractivity contribution in [3.63, 3.8) is 0 Å². The SMILES string of the molecule is COc1ccc(O[C@@H]2[C@H](O)[C@@H](CO)O[C@@H]2O)cc1. The Kier molecular flexibility index (Phi) is 4.03. The van der Waals surface area contributed by atoms with Crippen LogP contribution < -0.4 is 9.47 Å². The number of ether oxygens (including phenoxy) is 3. The minimum Gasteiger partial charge on any atom is -0.497 e. The van der Waals surface area contributed by atoms with E-state index in [9.17, 15) is 10.2 Å².